The number of nitrogens with zero attached hydrogens (tertiary/aromatic N) is 2. The Kier molecular flexibility index (Phi) is 3.85. The minimum absolute atomic E-state index is 0.301. The molecule has 1 aromatic heterocycles. The van der Waals surface area contributed by atoms with Crippen molar-refractivity contribution in [3.8, 4) is 0 Å². The van der Waals surface area contributed by atoms with E-state index in [1.807, 2.05) is 13.8 Å². The highest BCUT2D eigenvalue weighted by atomic mass is 16.5. The summed E-state index contributed by atoms with van der Waals surface area (Å²) in [5, 5.41) is 8.90. The molecule has 1 atom stereocenters. The van der Waals surface area contributed by atoms with Crippen LogP contribution in [0.15, 0.2) is 6.33 Å². The van der Waals surface area contributed by atoms with Crippen molar-refractivity contribution in [3.05, 3.63) is 17.7 Å². The summed E-state index contributed by atoms with van der Waals surface area (Å²) in [7, 11) is 0. The maximum atomic E-state index is 10.9. The molecule has 1 unspecified atom stereocenters. The molecular formula is C10H16N2O3. The van der Waals surface area contributed by atoms with Gasteiger partial charge in [-0.25, -0.2) is 9.78 Å². The largest absolute Gasteiger partial charge is 0.479 e. The number of aromatic nitrogens is 2. The fourth-order valence-electron chi connectivity index (χ4n) is 1.31. The van der Waals surface area contributed by atoms with Crippen LogP contribution in [0.2, 0.25) is 0 Å². The van der Waals surface area contributed by atoms with Crippen molar-refractivity contribution in [1.29, 1.82) is 0 Å². The van der Waals surface area contributed by atoms with Crippen LogP contribution in [0.3, 0.4) is 0 Å². The molecule has 5 nitrogen and oxygen atoms in total. The molecule has 84 valence electrons. The number of aryl methyl sites for hydroxylation is 1. The first-order valence-corrected chi connectivity index (χ1v) is 4.89. The van der Waals surface area contributed by atoms with Gasteiger partial charge in [-0.05, 0) is 20.8 Å². The van der Waals surface area contributed by atoms with Crippen LogP contribution in [0.1, 0.15) is 18.3 Å². The number of imidazole rings is 1. The lowest BCUT2D eigenvalue weighted by Crippen LogP contribution is -2.29. The second-order valence-corrected chi connectivity index (χ2v) is 3.35. The number of ether oxygens (including phenoxy) is 1. The summed E-state index contributed by atoms with van der Waals surface area (Å²) < 4.78 is 6.92. The van der Waals surface area contributed by atoms with Crippen molar-refractivity contribution >= 4 is 5.97 Å². The molecule has 15 heavy (non-hydrogen) atoms. The Hall–Kier alpha value is -1.36. The monoisotopic (exact) mass is 212 g/mol. The predicted molar refractivity (Wildman–Crippen MR) is 54.8 cm³/mol. The fourth-order valence-corrected chi connectivity index (χ4v) is 1.31. The number of carboxylic acids is 1. The van der Waals surface area contributed by atoms with Gasteiger partial charge in [-0.15, -0.1) is 0 Å². The Morgan fingerprint density at radius 3 is 2.73 bits per heavy atom. The van der Waals surface area contributed by atoms with Gasteiger partial charge in [-0.1, -0.05) is 0 Å². The summed E-state index contributed by atoms with van der Waals surface area (Å²) in [6.07, 6.45) is 0.835. The number of hydrogen-bond acceptors (Lipinski definition) is 3. The van der Waals surface area contributed by atoms with Gasteiger partial charge in [0, 0.05) is 12.3 Å². The van der Waals surface area contributed by atoms with Crippen LogP contribution in [-0.4, -0.2) is 33.3 Å². The molecule has 5 heteroatoms. The third-order valence-corrected chi connectivity index (χ3v) is 2.35. The van der Waals surface area contributed by atoms with Crippen molar-refractivity contribution in [1.82, 2.24) is 9.55 Å². The second kappa shape index (κ2) is 4.93. The van der Waals surface area contributed by atoms with Gasteiger partial charge >= 0.3 is 5.97 Å². The molecule has 0 bridgehead atoms. The first-order chi connectivity index (χ1) is 7.06. The lowest BCUT2D eigenvalue weighted by Gasteiger charge is -2.13. The number of rotatable bonds is 5. The van der Waals surface area contributed by atoms with Crippen LogP contribution in [0, 0.1) is 13.8 Å². The molecule has 0 aliphatic rings. The SMILES string of the molecule is CCOC(Cn1cnc(C)c1C)C(=O)O. The van der Waals surface area contributed by atoms with Crippen LogP contribution in [0.4, 0.5) is 0 Å². The summed E-state index contributed by atoms with van der Waals surface area (Å²) in [5.74, 6) is -0.942. The van der Waals surface area contributed by atoms with E-state index < -0.39 is 12.1 Å². The molecule has 1 rings (SSSR count). The Morgan fingerprint density at radius 2 is 2.33 bits per heavy atom. The first kappa shape index (κ1) is 11.7. The first-order valence-electron chi connectivity index (χ1n) is 4.89. The molecule has 0 radical (unpaired) electrons. The maximum absolute atomic E-state index is 10.9. The molecule has 1 N–H and O–H groups in total. The topological polar surface area (TPSA) is 64.4 Å². The highest BCUT2D eigenvalue weighted by Crippen LogP contribution is 2.07. The number of carbonyl (C=O) groups is 1. The van der Waals surface area contributed by atoms with Crippen LogP contribution in [0.5, 0.6) is 0 Å². The Balaban J connectivity index is 2.74. The lowest BCUT2D eigenvalue weighted by atomic mass is 10.3. The maximum Gasteiger partial charge on any atom is 0.334 e. The van der Waals surface area contributed by atoms with Gasteiger partial charge in [0.25, 0.3) is 0 Å². The molecular weight excluding hydrogens is 196 g/mol. The molecule has 0 aliphatic carbocycles. The fraction of sp³-hybridized carbons (Fsp3) is 0.600. The highest BCUT2D eigenvalue weighted by Gasteiger charge is 2.18. The van der Waals surface area contributed by atoms with E-state index in [0.717, 1.165) is 11.4 Å². The molecule has 0 aliphatic heterocycles. The standard InChI is InChI=1S/C10H16N2O3/c1-4-15-9(10(13)14)5-12-6-11-7(2)8(12)3/h6,9H,4-5H2,1-3H3,(H,13,14). The number of carboxylic acid groups (broad SMARTS) is 1. The summed E-state index contributed by atoms with van der Waals surface area (Å²) in [4.78, 5) is 15.0. The van der Waals surface area contributed by atoms with Crippen molar-refractivity contribution in [3.63, 3.8) is 0 Å². The van der Waals surface area contributed by atoms with Crippen LogP contribution in [-0.2, 0) is 16.1 Å². The Bertz CT molecular complexity index is 346. The molecule has 0 saturated carbocycles. The third-order valence-electron chi connectivity index (χ3n) is 2.35. The van der Waals surface area contributed by atoms with Crippen molar-refractivity contribution in [2.75, 3.05) is 6.61 Å². The predicted octanol–water partition coefficient (Wildman–Crippen LogP) is 0.990. The smallest absolute Gasteiger partial charge is 0.334 e. The molecule has 1 heterocycles. The van der Waals surface area contributed by atoms with Gasteiger partial charge in [0.2, 0.25) is 0 Å². The molecule has 0 amide bonds. The van der Waals surface area contributed by atoms with Gasteiger partial charge < -0.3 is 14.4 Å². The Labute approximate surface area is 88.7 Å². The molecule has 0 saturated heterocycles. The Morgan fingerprint density at radius 1 is 1.67 bits per heavy atom. The van der Waals surface area contributed by atoms with E-state index in [9.17, 15) is 4.79 Å². The van der Waals surface area contributed by atoms with E-state index in [-0.39, 0.29) is 0 Å². The minimum atomic E-state index is -0.942. The normalized spacial score (nSPS) is 12.7. The number of hydrogen-bond donors (Lipinski definition) is 1. The van der Waals surface area contributed by atoms with Crippen LogP contribution >= 0.6 is 0 Å². The third kappa shape index (κ3) is 2.79. The molecule has 1 aromatic rings. The quantitative estimate of drug-likeness (QED) is 0.790. The van der Waals surface area contributed by atoms with E-state index in [2.05, 4.69) is 4.98 Å². The average molecular weight is 212 g/mol. The van der Waals surface area contributed by atoms with Gasteiger partial charge in [-0.3, -0.25) is 0 Å². The minimum Gasteiger partial charge on any atom is -0.479 e. The van der Waals surface area contributed by atoms with Crippen molar-refractivity contribution in [2.24, 2.45) is 0 Å². The summed E-state index contributed by atoms with van der Waals surface area (Å²) in [6, 6.07) is 0. The van der Waals surface area contributed by atoms with E-state index in [1.165, 1.54) is 0 Å². The average Bonchev–Trinajstić information content (AvgIpc) is 2.48. The zero-order valence-electron chi connectivity index (χ0n) is 9.23. The zero-order valence-corrected chi connectivity index (χ0v) is 9.23. The highest BCUT2D eigenvalue weighted by molar-refractivity contribution is 5.72. The van der Waals surface area contributed by atoms with Gasteiger partial charge in [-0.2, -0.15) is 0 Å². The van der Waals surface area contributed by atoms with Crippen LogP contribution in [0.25, 0.3) is 0 Å². The molecule has 0 aromatic carbocycles. The van der Waals surface area contributed by atoms with E-state index >= 15 is 0 Å². The zero-order chi connectivity index (χ0) is 11.4. The van der Waals surface area contributed by atoms with Crippen molar-refractivity contribution < 1.29 is 14.6 Å². The molecule has 0 spiro atoms. The van der Waals surface area contributed by atoms with Gasteiger partial charge in [0.05, 0.1) is 18.6 Å². The van der Waals surface area contributed by atoms with E-state index in [4.69, 9.17) is 9.84 Å². The van der Waals surface area contributed by atoms with Gasteiger partial charge in [0.15, 0.2) is 6.10 Å². The van der Waals surface area contributed by atoms with E-state index in [1.54, 1.807) is 17.8 Å². The summed E-state index contributed by atoms with van der Waals surface area (Å²) in [6.45, 7) is 6.27. The lowest BCUT2D eigenvalue weighted by molar-refractivity contribution is -0.151. The van der Waals surface area contributed by atoms with Crippen molar-refractivity contribution in [2.45, 2.75) is 33.4 Å². The summed E-state index contributed by atoms with van der Waals surface area (Å²) in [5.41, 5.74) is 1.89. The molecule has 0 fully saturated rings. The van der Waals surface area contributed by atoms with E-state index in [0.29, 0.717) is 13.2 Å². The number of aliphatic carboxylic acids is 1. The van der Waals surface area contributed by atoms with Gasteiger partial charge in [0.1, 0.15) is 0 Å². The summed E-state index contributed by atoms with van der Waals surface area (Å²) >= 11 is 0. The van der Waals surface area contributed by atoms with Crippen LogP contribution < -0.4 is 0 Å². The second-order valence-electron chi connectivity index (χ2n) is 3.35.